The third-order valence-electron chi connectivity index (χ3n) is 5.61. The van der Waals surface area contributed by atoms with Crippen molar-refractivity contribution in [3.05, 3.63) is 60.4 Å². The fourth-order valence-electron chi connectivity index (χ4n) is 3.87. The molecular weight excluding hydrogens is 465 g/mol. The molecule has 10 nitrogen and oxygen atoms in total. The van der Waals surface area contributed by atoms with Crippen molar-refractivity contribution in [3.63, 3.8) is 0 Å². The lowest BCUT2D eigenvalue weighted by Crippen LogP contribution is -2.33. The number of fused-ring (bicyclic) bond motifs is 1. The van der Waals surface area contributed by atoms with Crippen LogP contribution in [0.1, 0.15) is 30.1 Å². The van der Waals surface area contributed by atoms with Crippen LogP contribution in [0.2, 0.25) is 0 Å². The number of nitrogens with zero attached hydrogens (tertiary/aromatic N) is 8. The van der Waals surface area contributed by atoms with Gasteiger partial charge in [-0.1, -0.05) is 6.07 Å². The molecule has 1 fully saturated rings. The zero-order valence-electron chi connectivity index (χ0n) is 18.8. The summed E-state index contributed by atoms with van der Waals surface area (Å²) in [5.41, 5.74) is 3.93. The average molecular weight is 488 g/mol. The summed E-state index contributed by atoms with van der Waals surface area (Å²) in [5.74, 6) is -1.42. The first kappa shape index (κ1) is 24.3. The predicted molar refractivity (Wildman–Crippen MR) is 118 cm³/mol. The number of rotatable bonds is 4. The van der Waals surface area contributed by atoms with E-state index in [2.05, 4.69) is 31.2 Å². The largest absolute Gasteiger partial charge is 0.490 e. The molecule has 0 unspecified atom stereocenters. The van der Waals surface area contributed by atoms with Crippen LogP contribution in [0.5, 0.6) is 0 Å². The second-order valence-electron chi connectivity index (χ2n) is 8.16. The number of aromatic nitrogens is 7. The average Bonchev–Trinajstić information content (AvgIpc) is 3.46. The zero-order chi connectivity index (χ0) is 25.0. The second-order valence-corrected chi connectivity index (χ2v) is 8.16. The molecule has 0 radical (unpaired) electrons. The van der Waals surface area contributed by atoms with Crippen molar-refractivity contribution in [1.82, 2.24) is 39.5 Å². The molecule has 0 aromatic carbocycles. The number of carbonyl (C=O) groups is 1. The van der Waals surface area contributed by atoms with Crippen molar-refractivity contribution >= 4 is 11.6 Å². The molecular formula is C22H23F3N8O2. The van der Waals surface area contributed by atoms with Crippen molar-refractivity contribution in [3.8, 4) is 11.3 Å². The highest BCUT2D eigenvalue weighted by atomic mass is 19.4. The molecule has 4 aromatic heterocycles. The molecule has 0 aliphatic carbocycles. The van der Waals surface area contributed by atoms with E-state index >= 15 is 0 Å². The van der Waals surface area contributed by atoms with Crippen LogP contribution >= 0.6 is 0 Å². The van der Waals surface area contributed by atoms with Crippen molar-refractivity contribution < 1.29 is 23.1 Å². The Morgan fingerprint density at radius 1 is 1.14 bits per heavy atom. The number of carboxylic acid groups (broad SMARTS) is 1. The molecule has 4 aromatic rings. The lowest BCUT2D eigenvalue weighted by atomic mass is 9.96. The van der Waals surface area contributed by atoms with Gasteiger partial charge in [-0.25, -0.2) is 4.79 Å². The van der Waals surface area contributed by atoms with Crippen LogP contribution in [-0.4, -0.2) is 69.8 Å². The Labute approximate surface area is 198 Å². The highest BCUT2D eigenvalue weighted by Crippen LogP contribution is 2.28. The molecule has 184 valence electrons. The summed E-state index contributed by atoms with van der Waals surface area (Å²) in [4.78, 5) is 15.6. The van der Waals surface area contributed by atoms with Crippen molar-refractivity contribution in [1.29, 1.82) is 0 Å². The van der Waals surface area contributed by atoms with Crippen LogP contribution in [0.4, 0.5) is 13.2 Å². The first-order valence-electron chi connectivity index (χ1n) is 10.8. The highest BCUT2D eigenvalue weighted by Gasteiger charge is 2.38. The molecule has 5 heterocycles. The lowest BCUT2D eigenvalue weighted by Gasteiger charge is -2.30. The fourth-order valence-corrected chi connectivity index (χ4v) is 3.87. The van der Waals surface area contributed by atoms with Gasteiger partial charge in [0.05, 0.1) is 11.9 Å². The van der Waals surface area contributed by atoms with E-state index in [1.54, 1.807) is 4.68 Å². The van der Waals surface area contributed by atoms with Crippen LogP contribution in [0.3, 0.4) is 0 Å². The number of piperidine rings is 1. The normalized spacial score (nSPS) is 15.1. The van der Waals surface area contributed by atoms with E-state index in [-0.39, 0.29) is 0 Å². The van der Waals surface area contributed by atoms with Crippen molar-refractivity contribution in [2.75, 3.05) is 13.1 Å². The van der Waals surface area contributed by atoms with Gasteiger partial charge in [-0.3, -0.25) is 14.6 Å². The fraction of sp³-hybridized carbons (Fsp3) is 0.364. The summed E-state index contributed by atoms with van der Waals surface area (Å²) in [6.45, 7) is 3.03. The van der Waals surface area contributed by atoms with Gasteiger partial charge in [-0.05, 0) is 49.7 Å². The minimum atomic E-state index is -5.08. The topological polar surface area (TPSA) is 114 Å². The molecule has 5 rings (SSSR count). The summed E-state index contributed by atoms with van der Waals surface area (Å²) in [6.07, 6.45) is 4.59. The molecule has 0 atom stereocenters. The third kappa shape index (κ3) is 5.98. The van der Waals surface area contributed by atoms with E-state index in [0.717, 1.165) is 55.2 Å². The van der Waals surface area contributed by atoms with Crippen LogP contribution in [0.25, 0.3) is 16.9 Å². The smallest absolute Gasteiger partial charge is 0.475 e. The van der Waals surface area contributed by atoms with E-state index in [0.29, 0.717) is 5.92 Å². The number of alkyl halides is 3. The Hall–Kier alpha value is -3.87. The van der Waals surface area contributed by atoms with E-state index in [4.69, 9.17) is 15.0 Å². The summed E-state index contributed by atoms with van der Waals surface area (Å²) >= 11 is 0. The van der Waals surface area contributed by atoms with Gasteiger partial charge in [0.1, 0.15) is 0 Å². The molecule has 35 heavy (non-hydrogen) atoms. The van der Waals surface area contributed by atoms with E-state index in [1.807, 2.05) is 54.5 Å². The van der Waals surface area contributed by atoms with Gasteiger partial charge < -0.3 is 5.11 Å². The molecule has 0 spiro atoms. The zero-order valence-corrected chi connectivity index (χ0v) is 18.8. The van der Waals surface area contributed by atoms with E-state index in [1.165, 1.54) is 5.56 Å². The third-order valence-corrected chi connectivity index (χ3v) is 5.61. The van der Waals surface area contributed by atoms with E-state index in [9.17, 15) is 13.2 Å². The van der Waals surface area contributed by atoms with Gasteiger partial charge in [0.2, 0.25) is 0 Å². The Kier molecular flexibility index (Phi) is 7.05. The van der Waals surface area contributed by atoms with Crippen molar-refractivity contribution in [2.45, 2.75) is 31.5 Å². The molecule has 1 aliphatic rings. The Morgan fingerprint density at radius 3 is 2.49 bits per heavy atom. The number of hydrogen-bond donors (Lipinski definition) is 1. The Morgan fingerprint density at radius 2 is 1.89 bits per heavy atom. The van der Waals surface area contributed by atoms with Gasteiger partial charge in [0, 0.05) is 43.7 Å². The number of halogens is 3. The Bertz CT molecular complexity index is 1280. The first-order chi connectivity index (χ1) is 16.7. The highest BCUT2D eigenvalue weighted by molar-refractivity contribution is 5.73. The molecule has 1 aliphatic heterocycles. The predicted octanol–water partition coefficient (Wildman–Crippen LogP) is 2.93. The number of aryl methyl sites for hydroxylation is 1. The maximum atomic E-state index is 10.6. The summed E-state index contributed by atoms with van der Waals surface area (Å²) in [7, 11) is 1.91. The van der Waals surface area contributed by atoms with E-state index < -0.39 is 12.1 Å². The number of carboxylic acids is 1. The quantitative estimate of drug-likeness (QED) is 0.467. The van der Waals surface area contributed by atoms with Crippen LogP contribution < -0.4 is 0 Å². The Balaban J connectivity index is 0.000000364. The SMILES string of the molecule is Cn1cc(-c2ccc3nnc(C4CCN(Cc5cccnc5)CC4)n3n2)cn1.O=C(O)C(F)(F)F. The summed E-state index contributed by atoms with van der Waals surface area (Å²) < 4.78 is 35.4. The van der Waals surface area contributed by atoms with Crippen molar-refractivity contribution in [2.24, 2.45) is 7.05 Å². The van der Waals surface area contributed by atoms with Crippen LogP contribution in [0, 0.1) is 0 Å². The summed E-state index contributed by atoms with van der Waals surface area (Å²) in [6, 6.07) is 8.08. The van der Waals surface area contributed by atoms with Gasteiger partial charge in [-0.15, -0.1) is 10.2 Å². The molecule has 1 saturated heterocycles. The lowest BCUT2D eigenvalue weighted by molar-refractivity contribution is -0.192. The molecule has 1 N–H and O–H groups in total. The van der Waals surface area contributed by atoms with Gasteiger partial charge in [0.15, 0.2) is 11.5 Å². The van der Waals surface area contributed by atoms with Gasteiger partial charge >= 0.3 is 12.1 Å². The number of pyridine rings is 1. The maximum Gasteiger partial charge on any atom is 0.490 e. The van der Waals surface area contributed by atoms with Gasteiger partial charge in [0.25, 0.3) is 0 Å². The minimum absolute atomic E-state index is 0.372. The molecule has 13 heteroatoms. The molecule has 0 bridgehead atoms. The monoisotopic (exact) mass is 488 g/mol. The number of hydrogen-bond acceptors (Lipinski definition) is 7. The maximum absolute atomic E-state index is 10.6. The van der Waals surface area contributed by atoms with Crippen LogP contribution in [-0.2, 0) is 18.4 Å². The second kappa shape index (κ2) is 10.2. The van der Waals surface area contributed by atoms with Gasteiger partial charge in [-0.2, -0.15) is 27.9 Å². The standard InChI is InChI=1S/C20H22N8.C2HF3O2/c1-26-14-17(12-22-26)18-4-5-19-23-24-20(28(19)25-18)16-6-9-27(10-7-16)13-15-3-2-8-21-11-15;3-2(4,5)1(6)7/h2-5,8,11-12,14,16H,6-7,9-10,13H2,1H3;(H,6,7). The molecule has 0 amide bonds. The minimum Gasteiger partial charge on any atom is -0.475 e. The number of aliphatic carboxylic acids is 1. The first-order valence-corrected chi connectivity index (χ1v) is 10.8. The summed E-state index contributed by atoms with van der Waals surface area (Å²) in [5, 5.41) is 25.0. The molecule has 0 saturated carbocycles. The van der Waals surface area contributed by atoms with Crippen LogP contribution in [0.15, 0.2) is 49.1 Å². The number of likely N-dealkylation sites (tertiary alicyclic amines) is 1.